The second-order valence-electron chi connectivity index (χ2n) is 8.63. The Morgan fingerprint density at radius 1 is 1.32 bits per heavy atom. The maximum Gasteiger partial charge on any atom is 0.354 e. The van der Waals surface area contributed by atoms with Crippen molar-refractivity contribution in [2.45, 2.75) is 75.2 Å². The van der Waals surface area contributed by atoms with Gasteiger partial charge in [-0.05, 0) is 63.0 Å². The van der Waals surface area contributed by atoms with Crippen LogP contribution in [0, 0.1) is 0 Å². The van der Waals surface area contributed by atoms with E-state index in [1.807, 2.05) is 0 Å². The fourth-order valence-corrected chi connectivity index (χ4v) is 6.63. The van der Waals surface area contributed by atoms with Crippen molar-refractivity contribution in [2.24, 2.45) is 9.50 Å². The van der Waals surface area contributed by atoms with E-state index >= 15 is 0 Å². The van der Waals surface area contributed by atoms with Crippen molar-refractivity contribution in [3.8, 4) is 0 Å². The number of nitrogens with two attached hydrogens (primary N) is 1. The number of pyridine rings is 1. The number of aryl methyl sites for hydroxylation is 1. The van der Waals surface area contributed by atoms with Gasteiger partial charge in [0.1, 0.15) is 14.8 Å². The van der Waals surface area contributed by atoms with Crippen molar-refractivity contribution in [2.75, 3.05) is 5.32 Å². The van der Waals surface area contributed by atoms with Crippen molar-refractivity contribution < 1.29 is 19.2 Å². The number of urea groups is 1. The summed E-state index contributed by atoms with van der Waals surface area (Å²) in [5.74, 6) is 0.330. The monoisotopic (exact) mass is 465 g/mol. The molecule has 2 aliphatic rings. The number of nitrogens with one attached hydrogen (secondary N) is 1. The average Bonchev–Trinajstić information content (AvgIpc) is 3.39. The second kappa shape index (κ2) is 7.89. The van der Waals surface area contributed by atoms with Crippen LogP contribution in [0.4, 0.5) is 10.5 Å². The lowest BCUT2D eigenvalue weighted by atomic mass is 10.0. The Bertz CT molecular complexity index is 1180. The van der Waals surface area contributed by atoms with Crippen molar-refractivity contribution in [1.82, 2.24) is 9.97 Å². The van der Waals surface area contributed by atoms with Crippen LogP contribution in [0.25, 0.3) is 0 Å². The Kier molecular flexibility index (Phi) is 5.67. The molecule has 0 fully saturated rings. The summed E-state index contributed by atoms with van der Waals surface area (Å²) in [4.78, 5) is 21.8. The third-order valence-corrected chi connectivity index (χ3v) is 9.08. The molecule has 2 atom stereocenters. The first-order valence-electron chi connectivity index (χ1n) is 10.2. The maximum absolute atomic E-state index is 13.1. The van der Waals surface area contributed by atoms with Crippen LogP contribution in [-0.2, 0) is 41.4 Å². The molecule has 0 aliphatic heterocycles. The van der Waals surface area contributed by atoms with E-state index in [1.165, 1.54) is 13.8 Å². The number of carbonyl (C=O) groups is 1. The van der Waals surface area contributed by atoms with E-state index in [-0.39, 0.29) is 14.9 Å². The molecule has 4 rings (SSSR count). The lowest BCUT2D eigenvalue weighted by Gasteiger charge is -2.15. The number of carbonyl (C=O) groups excluding carboxylic acids is 1. The molecule has 0 aromatic carbocycles. The summed E-state index contributed by atoms with van der Waals surface area (Å²) in [7, 11) is -3.67. The molecule has 0 saturated carbocycles. The van der Waals surface area contributed by atoms with Crippen molar-refractivity contribution in [3.05, 3.63) is 33.2 Å². The van der Waals surface area contributed by atoms with Gasteiger partial charge in [-0.3, -0.25) is 4.98 Å². The minimum absolute atomic E-state index is 0.0129. The number of aromatic nitrogens is 2. The number of fused-ring (bicyclic) bond motifs is 2. The third-order valence-electron chi connectivity index (χ3n) is 5.70. The van der Waals surface area contributed by atoms with Crippen LogP contribution in [0.5, 0.6) is 0 Å². The Morgan fingerprint density at radius 3 is 2.74 bits per heavy atom. The molecule has 11 heteroatoms. The molecule has 2 heterocycles. The smallest absolute Gasteiger partial charge is 0.354 e. The minimum Gasteiger partial charge on any atom is -0.390 e. The van der Waals surface area contributed by atoms with E-state index in [9.17, 15) is 19.2 Å². The molecule has 2 unspecified atom stereocenters. The van der Waals surface area contributed by atoms with E-state index < -0.39 is 28.2 Å². The first kappa shape index (κ1) is 22.3. The van der Waals surface area contributed by atoms with Crippen LogP contribution in [-0.4, -0.2) is 30.4 Å². The van der Waals surface area contributed by atoms with Crippen LogP contribution < -0.4 is 10.5 Å². The van der Waals surface area contributed by atoms with Gasteiger partial charge in [0.05, 0.1) is 18.0 Å². The van der Waals surface area contributed by atoms with Gasteiger partial charge in [-0.15, -0.1) is 15.7 Å². The lowest BCUT2D eigenvalue weighted by molar-refractivity contribution is 0.0779. The summed E-state index contributed by atoms with van der Waals surface area (Å²) in [5, 5.41) is 28.8. The highest BCUT2D eigenvalue weighted by molar-refractivity contribution is 7.93. The molecule has 2 aromatic heterocycles. The number of rotatable bonds is 4. The second-order valence-corrected chi connectivity index (χ2v) is 11.6. The lowest BCUT2D eigenvalue weighted by Crippen LogP contribution is -2.19. The highest BCUT2D eigenvalue weighted by Gasteiger charge is 2.31. The van der Waals surface area contributed by atoms with Gasteiger partial charge in [0.2, 0.25) is 0 Å². The first-order valence-corrected chi connectivity index (χ1v) is 12.6. The van der Waals surface area contributed by atoms with Gasteiger partial charge in [0, 0.05) is 11.4 Å². The van der Waals surface area contributed by atoms with Gasteiger partial charge in [0.25, 0.3) is 0 Å². The molecule has 168 valence electrons. The predicted molar refractivity (Wildman–Crippen MR) is 118 cm³/mol. The minimum atomic E-state index is -3.67. The molecule has 9 nitrogen and oxygen atoms in total. The fraction of sp³-hybridized carbons (Fsp3) is 0.550. The van der Waals surface area contributed by atoms with E-state index in [4.69, 9.17) is 10.1 Å². The zero-order chi connectivity index (χ0) is 22.6. The average molecular weight is 466 g/mol. The van der Waals surface area contributed by atoms with Crippen molar-refractivity contribution in [3.63, 3.8) is 0 Å². The molecule has 0 bridgehead atoms. The molecule has 31 heavy (non-hydrogen) atoms. The Labute approximate surface area is 185 Å². The van der Waals surface area contributed by atoms with Crippen LogP contribution in [0.15, 0.2) is 8.57 Å². The SMILES string of the molecule is CC1CCc2c1nc1c(c2NC(=O)N=S(N)(=O)c2sc(C(C)(C)O)nc2CO)CCC1. The number of hydrogen-bond donors (Lipinski definition) is 4. The molecule has 5 N–H and O–H groups in total. The van der Waals surface area contributed by atoms with Crippen LogP contribution in [0.3, 0.4) is 0 Å². The number of thiazole rings is 1. The summed E-state index contributed by atoms with van der Waals surface area (Å²) in [5.41, 5.74) is 3.55. The Morgan fingerprint density at radius 2 is 2.06 bits per heavy atom. The number of aliphatic hydroxyl groups is 2. The molecule has 2 amide bonds. The summed E-state index contributed by atoms with van der Waals surface area (Å²) in [6, 6.07) is -0.809. The van der Waals surface area contributed by atoms with E-state index in [0.717, 1.165) is 71.6 Å². The van der Waals surface area contributed by atoms with Gasteiger partial charge in [-0.1, -0.05) is 6.92 Å². The third kappa shape index (κ3) is 4.12. The Hall–Kier alpha value is -1.92. The van der Waals surface area contributed by atoms with Gasteiger partial charge < -0.3 is 15.5 Å². The van der Waals surface area contributed by atoms with Crippen LogP contribution in [0.2, 0.25) is 0 Å². The molecular formula is C20H27N5O4S2. The highest BCUT2D eigenvalue weighted by atomic mass is 32.2. The molecule has 0 spiro atoms. The summed E-state index contributed by atoms with van der Waals surface area (Å²) < 4.78 is 16.9. The largest absolute Gasteiger partial charge is 0.390 e. The van der Waals surface area contributed by atoms with Crippen molar-refractivity contribution in [1.29, 1.82) is 0 Å². The number of anilines is 1. The van der Waals surface area contributed by atoms with Gasteiger partial charge in [-0.25, -0.2) is 19.1 Å². The normalized spacial score (nSPS) is 19.6. The molecule has 2 aliphatic carbocycles. The summed E-state index contributed by atoms with van der Waals surface area (Å²) in [6.45, 7) is 4.63. The van der Waals surface area contributed by atoms with Gasteiger partial charge in [0.15, 0.2) is 9.92 Å². The number of aliphatic hydroxyl groups excluding tert-OH is 1. The van der Waals surface area contributed by atoms with Crippen LogP contribution in [0.1, 0.15) is 72.7 Å². The molecule has 0 radical (unpaired) electrons. The number of nitrogens with zero attached hydrogens (tertiary/aromatic N) is 3. The molecule has 2 aromatic rings. The van der Waals surface area contributed by atoms with Crippen molar-refractivity contribution >= 4 is 33.0 Å². The zero-order valence-electron chi connectivity index (χ0n) is 17.8. The number of amides is 2. The van der Waals surface area contributed by atoms with Crippen LogP contribution >= 0.6 is 11.3 Å². The maximum atomic E-state index is 13.1. The molecular weight excluding hydrogens is 438 g/mol. The first-order chi connectivity index (χ1) is 14.5. The predicted octanol–water partition coefficient (Wildman–Crippen LogP) is 2.73. The standard InChI is InChI=1S/C20H27N5O4S2/c1-10-7-8-12-15(10)22-13-6-4-5-11(13)16(12)24-19(27)25-31(21,29)17-14(9-26)23-18(30-17)20(2,3)28/h10,26,28H,4-9H2,1-3H3,(H3,21,22,24,25,27,29). The quantitative estimate of drug-likeness (QED) is 0.545. The summed E-state index contributed by atoms with van der Waals surface area (Å²) >= 11 is 0.881. The van der Waals surface area contributed by atoms with E-state index in [1.54, 1.807) is 0 Å². The number of hydrogen-bond acceptors (Lipinski definition) is 7. The zero-order valence-corrected chi connectivity index (χ0v) is 19.4. The topological polar surface area (TPSA) is 151 Å². The van der Waals surface area contributed by atoms with Gasteiger partial charge >= 0.3 is 6.03 Å². The van der Waals surface area contributed by atoms with Gasteiger partial charge in [-0.2, -0.15) is 0 Å². The van der Waals surface area contributed by atoms with E-state index in [0.29, 0.717) is 5.92 Å². The van der Waals surface area contributed by atoms with E-state index in [2.05, 4.69) is 21.6 Å². The highest BCUT2D eigenvalue weighted by Crippen LogP contribution is 2.41. The summed E-state index contributed by atoms with van der Waals surface area (Å²) in [6.07, 6.45) is 4.48. The Balaban J connectivity index is 1.71. The fourth-order valence-electron chi connectivity index (χ4n) is 4.17. The molecule has 0 saturated heterocycles.